The molecule has 0 bridgehead atoms. The van der Waals surface area contributed by atoms with Crippen LogP contribution in [0, 0.1) is 0 Å². The number of halogens is 3. The van der Waals surface area contributed by atoms with E-state index in [0.717, 1.165) is 0 Å². The molecule has 22 heavy (non-hydrogen) atoms. The van der Waals surface area contributed by atoms with Gasteiger partial charge in [0.2, 0.25) is 5.95 Å². The second-order valence-electron chi connectivity index (χ2n) is 4.91. The normalized spacial score (nSPS) is 12.9. The molecule has 0 amide bonds. The summed E-state index contributed by atoms with van der Waals surface area (Å²) >= 11 is 0. The van der Waals surface area contributed by atoms with Crippen LogP contribution in [0.5, 0.6) is 5.75 Å². The Bertz CT molecular complexity index is 631. The molecular formula is C15H16F3N3O. The highest BCUT2D eigenvalue weighted by molar-refractivity contribution is 5.39. The number of phenolic OH excluding ortho intramolecular Hbond substituents is 1. The van der Waals surface area contributed by atoms with E-state index in [2.05, 4.69) is 15.3 Å². The average molecular weight is 311 g/mol. The third-order valence-electron chi connectivity index (χ3n) is 3.13. The van der Waals surface area contributed by atoms with Gasteiger partial charge in [-0.15, -0.1) is 0 Å². The lowest BCUT2D eigenvalue weighted by atomic mass is 10.1. The molecule has 0 aliphatic heterocycles. The zero-order valence-corrected chi connectivity index (χ0v) is 11.9. The first-order chi connectivity index (χ1) is 10.3. The van der Waals surface area contributed by atoms with Crippen LogP contribution < -0.4 is 5.32 Å². The summed E-state index contributed by atoms with van der Waals surface area (Å²) < 4.78 is 36.7. The fourth-order valence-electron chi connectivity index (χ4n) is 2.00. The van der Waals surface area contributed by atoms with Gasteiger partial charge in [0.05, 0.1) is 6.04 Å². The van der Waals surface area contributed by atoms with Crippen molar-refractivity contribution in [3.05, 3.63) is 47.8 Å². The summed E-state index contributed by atoms with van der Waals surface area (Å²) in [6.07, 6.45) is -3.90. The predicted octanol–water partition coefficient (Wildman–Crippen LogP) is 3.85. The molecular weight excluding hydrogens is 295 g/mol. The summed E-state index contributed by atoms with van der Waals surface area (Å²) in [4.78, 5) is 8.06. The maximum absolute atomic E-state index is 12.2. The number of aromatic hydroxyl groups is 1. The lowest BCUT2D eigenvalue weighted by molar-refractivity contribution is -0.134. The molecule has 1 atom stereocenters. The molecule has 4 nitrogen and oxygen atoms in total. The summed E-state index contributed by atoms with van der Waals surface area (Å²) in [6, 6.07) is 7.99. The highest BCUT2D eigenvalue weighted by Gasteiger charge is 2.26. The van der Waals surface area contributed by atoms with Crippen molar-refractivity contribution in [3.8, 4) is 5.75 Å². The summed E-state index contributed by atoms with van der Waals surface area (Å²) in [7, 11) is 0. The predicted molar refractivity (Wildman–Crippen MR) is 76.6 cm³/mol. The van der Waals surface area contributed by atoms with Gasteiger partial charge >= 0.3 is 6.18 Å². The van der Waals surface area contributed by atoms with Crippen molar-refractivity contribution >= 4 is 5.95 Å². The van der Waals surface area contributed by atoms with Crippen LogP contribution in [-0.4, -0.2) is 21.3 Å². The number of benzene rings is 1. The molecule has 0 saturated heterocycles. The molecule has 1 aromatic carbocycles. The van der Waals surface area contributed by atoms with E-state index < -0.39 is 12.6 Å². The van der Waals surface area contributed by atoms with Crippen molar-refractivity contribution in [2.45, 2.75) is 32.0 Å². The van der Waals surface area contributed by atoms with Crippen molar-refractivity contribution in [1.29, 1.82) is 0 Å². The van der Waals surface area contributed by atoms with E-state index in [1.807, 2.05) is 0 Å². The third-order valence-corrected chi connectivity index (χ3v) is 3.13. The van der Waals surface area contributed by atoms with Crippen molar-refractivity contribution in [1.82, 2.24) is 9.97 Å². The molecule has 0 saturated carbocycles. The van der Waals surface area contributed by atoms with Crippen molar-refractivity contribution in [2.24, 2.45) is 0 Å². The largest absolute Gasteiger partial charge is 0.508 e. The third kappa shape index (κ3) is 4.61. The first-order valence-electron chi connectivity index (χ1n) is 6.78. The van der Waals surface area contributed by atoms with Crippen molar-refractivity contribution in [2.75, 3.05) is 5.32 Å². The number of hydrogen-bond acceptors (Lipinski definition) is 4. The number of alkyl halides is 3. The Morgan fingerprint density at radius 3 is 2.64 bits per heavy atom. The van der Waals surface area contributed by atoms with Gasteiger partial charge in [-0.3, -0.25) is 0 Å². The number of phenols is 1. The minimum absolute atomic E-state index is 0.135. The maximum atomic E-state index is 12.2. The standard InChI is InChI=1S/C15H16F3N3O/c1-10(12-4-2-3-5-13(12)22)20-14-19-9-7-11(21-14)6-8-15(16,17)18/h2-5,7,9-10,22H,6,8H2,1H3,(H,19,20,21). The summed E-state index contributed by atoms with van der Waals surface area (Å²) in [5.41, 5.74) is 0.978. The fourth-order valence-corrected chi connectivity index (χ4v) is 2.00. The molecule has 0 spiro atoms. The topological polar surface area (TPSA) is 58.0 Å². The molecule has 0 fully saturated rings. The van der Waals surface area contributed by atoms with Crippen LogP contribution in [-0.2, 0) is 6.42 Å². The first kappa shape index (κ1) is 16.1. The average Bonchev–Trinajstić information content (AvgIpc) is 2.45. The SMILES string of the molecule is CC(Nc1nccc(CCC(F)(F)F)n1)c1ccccc1O. The number of nitrogens with zero attached hydrogens (tertiary/aromatic N) is 2. The summed E-state index contributed by atoms with van der Waals surface area (Å²) in [5, 5.41) is 12.8. The van der Waals surface area contributed by atoms with E-state index in [9.17, 15) is 18.3 Å². The van der Waals surface area contributed by atoms with Crippen molar-refractivity contribution < 1.29 is 18.3 Å². The van der Waals surface area contributed by atoms with E-state index in [1.54, 1.807) is 31.2 Å². The minimum atomic E-state index is -4.21. The Labute approximate surface area is 126 Å². The van der Waals surface area contributed by atoms with E-state index in [4.69, 9.17) is 0 Å². The number of rotatable bonds is 5. The summed E-state index contributed by atoms with van der Waals surface area (Å²) in [5.74, 6) is 0.367. The highest BCUT2D eigenvalue weighted by Crippen LogP contribution is 2.26. The minimum Gasteiger partial charge on any atom is -0.508 e. The van der Waals surface area contributed by atoms with E-state index in [0.29, 0.717) is 11.3 Å². The molecule has 0 aliphatic rings. The Morgan fingerprint density at radius 1 is 1.23 bits per heavy atom. The molecule has 2 N–H and O–H groups in total. The molecule has 2 rings (SSSR count). The molecule has 0 radical (unpaired) electrons. The summed E-state index contributed by atoms with van der Waals surface area (Å²) in [6.45, 7) is 1.81. The Balaban J connectivity index is 2.05. The number of hydrogen-bond donors (Lipinski definition) is 2. The molecule has 1 aromatic heterocycles. The number of nitrogens with one attached hydrogen (secondary N) is 1. The monoisotopic (exact) mass is 311 g/mol. The quantitative estimate of drug-likeness (QED) is 0.880. The molecule has 7 heteroatoms. The molecule has 1 heterocycles. The second kappa shape index (κ2) is 6.64. The Hall–Kier alpha value is -2.31. The van der Waals surface area contributed by atoms with Crippen LogP contribution in [0.4, 0.5) is 19.1 Å². The van der Waals surface area contributed by atoms with Crippen LogP contribution in [0.1, 0.15) is 30.6 Å². The number of aromatic nitrogens is 2. The van der Waals surface area contributed by atoms with Crippen LogP contribution in [0.2, 0.25) is 0 Å². The molecule has 2 aromatic rings. The highest BCUT2D eigenvalue weighted by atomic mass is 19.4. The van der Waals surface area contributed by atoms with Crippen LogP contribution in [0.25, 0.3) is 0 Å². The lowest BCUT2D eigenvalue weighted by Crippen LogP contribution is -2.12. The van der Waals surface area contributed by atoms with Gasteiger partial charge in [0, 0.05) is 23.9 Å². The van der Waals surface area contributed by atoms with E-state index in [1.165, 1.54) is 12.3 Å². The van der Waals surface area contributed by atoms with E-state index >= 15 is 0 Å². The van der Waals surface area contributed by atoms with E-state index in [-0.39, 0.29) is 24.2 Å². The molecule has 0 aliphatic carbocycles. The van der Waals surface area contributed by atoms with Gasteiger partial charge in [0.15, 0.2) is 0 Å². The van der Waals surface area contributed by atoms with Crippen LogP contribution in [0.15, 0.2) is 36.5 Å². The van der Waals surface area contributed by atoms with Gasteiger partial charge in [-0.25, -0.2) is 9.97 Å². The van der Waals surface area contributed by atoms with Crippen molar-refractivity contribution in [3.63, 3.8) is 0 Å². The second-order valence-corrected chi connectivity index (χ2v) is 4.91. The van der Waals surface area contributed by atoms with Gasteiger partial charge in [-0.2, -0.15) is 13.2 Å². The van der Waals surface area contributed by atoms with Crippen LogP contribution in [0.3, 0.4) is 0 Å². The molecule has 118 valence electrons. The zero-order chi connectivity index (χ0) is 16.2. The Kier molecular flexibility index (Phi) is 4.85. The fraction of sp³-hybridized carbons (Fsp3) is 0.333. The number of para-hydroxylation sites is 1. The first-order valence-corrected chi connectivity index (χ1v) is 6.78. The van der Waals surface area contributed by atoms with Gasteiger partial charge in [-0.1, -0.05) is 18.2 Å². The lowest BCUT2D eigenvalue weighted by Gasteiger charge is -2.15. The zero-order valence-electron chi connectivity index (χ0n) is 11.9. The number of aryl methyl sites for hydroxylation is 1. The van der Waals surface area contributed by atoms with Gasteiger partial charge in [-0.05, 0) is 25.5 Å². The Morgan fingerprint density at radius 2 is 1.95 bits per heavy atom. The maximum Gasteiger partial charge on any atom is 0.389 e. The molecule has 1 unspecified atom stereocenters. The number of anilines is 1. The smallest absolute Gasteiger partial charge is 0.389 e. The van der Waals surface area contributed by atoms with Gasteiger partial charge in [0.25, 0.3) is 0 Å². The van der Waals surface area contributed by atoms with Crippen LogP contribution >= 0.6 is 0 Å². The van der Waals surface area contributed by atoms with Gasteiger partial charge < -0.3 is 10.4 Å². The van der Waals surface area contributed by atoms with Gasteiger partial charge in [0.1, 0.15) is 5.75 Å².